The molecule has 9 heteroatoms. The fraction of sp³-hybridized carbons (Fsp3) is 0.263. The summed E-state index contributed by atoms with van der Waals surface area (Å²) in [6, 6.07) is 11.4. The van der Waals surface area contributed by atoms with E-state index in [0.29, 0.717) is 0 Å². The van der Waals surface area contributed by atoms with E-state index in [4.69, 9.17) is 14.2 Å². The van der Waals surface area contributed by atoms with Crippen molar-refractivity contribution in [1.82, 2.24) is 5.32 Å². The zero-order valence-electron chi connectivity index (χ0n) is 15.5. The van der Waals surface area contributed by atoms with Crippen LogP contribution in [0, 0.1) is 10.1 Å². The number of hydrogen-bond donors (Lipinski definition) is 1. The number of nitro benzene ring substituents is 1. The van der Waals surface area contributed by atoms with Gasteiger partial charge >= 0.3 is 5.97 Å². The summed E-state index contributed by atoms with van der Waals surface area (Å²) in [5.41, 5.74) is 0.0502. The normalized spacial score (nSPS) is 10.1. The fourth-order valence-electron chi connectivity index (χ4n) is 2.35. The van der Waals surface area contributed by atoms with Crippen molar-refractivity contribution in [2.75, 3.05) is 20.3 Å². The predicted octanol–water partition coefficient (Wildman–Crippen LogP) is 2.48. The fourth-order valence-corrected chi connectivity index (χ4v) is 2.35. The van der Waals surface area contributed by atoms with Gasteiger partial charge in [-0.1, -0.05) is 30.3 Å². The number of benzene rings is 2. The molecule has 0 radical (unpaired) electrons. The second kappa shape index (κ2) is 9.91. The second-order valence-corrected chi connectivity index (χ2v) is 5.55. The van der Waals surface area contributed by atoms with E-state index in [9.17, 15) is 19.7 Å². The third-order valence-electron chi connectivity index (χ3n) is 3.67. The molecule has 0 fully saturated rings. The van der Waals surface area contributed by atoms with Crippen LogP contribution in [0.1, 0.15) is 22.8 Å². The number of methoxy groups -OCH3 is 1. The highest BCUT2D eigenvalue weighted by Crippen LogP contribution is 2.35. The Morgan fingerprint density at radius 3 is 2.46 bits per heavy atom. The molecule has 2 rings (SSSR count). The molecule has 148 valence electrons. The molecule has 1 N–H and O–H groups in total. The summed E-state index contributed by atoms with van der Waals surface area (Å²) in [5.74, 6) is -1.26. The number of nitrogens with one attached hydrogen (secondary N) is 1. The number of nitrogens with zero attached hydrogens (tertiary/aromatic N) is 1. The maximum absolute atomic E-state index is 12.3. The standard InChI is InChI=1S/C19H20N2O7/c1-3-27-17-10-15(21(24)25)14(9-16(17)26-2)19(23)28-12-18(22)20-11-13-7-5-4-6-8-13/h4-10H,3,11-12H2,1-2H3,(H,20,22). The number of ether oxygens (including phenoxy) is 3. The monoisotopic (exact) mass is 388 g/mol. The zero-order valence-corrected chi connectivity index (χ0v) is 15.5. The maximum atomic E-state index is 12.3. The third kappa shape index (κ3) is 5.44. The van der Waals surface area contributed by atoms with Crippen LogP contribution in [0.3, 0.4) is 0 Å². The highest BCUT2D eigenvalue weighted by molar-refractivity contribution is 5.96. The van der Waals surface area contributed by atoms with E-state index in [-0.39, 0.29) is 30.2 Å². The van der Waals surface area contributed by atoms with E-state index in [1.807, 2.05) is 30.3 Å². The molecule has 0 unspecified atom stereocenters. The number of esters is 1. The van der Waals surface area contributed by atoms with Gasteiger partial charge in [-0.2, -0.15) is 0 Å². The van der Waals surface area contributed by atoms with Crippen molar-refractivity contribution in [1.29, 1.82) is 0 Å². The molecule has 2 aromatic carbocycles. The average molecular weight is 388 g/mol. The second-order valence-electron chi connectivity index (χ2n) is 5.55. The van der Waals surface area contributed by atoms with Crippen molar-refractivity contribution in [3.63, 3.8) is 0 Å². The maximum Gasteiger partial charge on any atom is 0.345 e. The molecule has 0 heterocycles. The molecule has 0 aliphatic heterocycles. The zero-order chi connectivity index (χ0) is 20.5. The van der Waals surface area contributed by atoms with Crippen molar-refractivity contribution < 1.29 is 28.7 Å². The van der Waals surface area contributed by atoms with Crippen LogP contribution < -0.4 is 14.8 Å². The number of nitro groups is 1. The molecular weight excluding hydrogens is 368 g/mol. The molecule has 9 nitrogen and oxygen atoms in total. The first-order valence-electron chi connectivity index (χ1n) is 8.43. The van der Waals surface area contributed by atoms with Gasteiger partial charge in [0, 0.05) is 12.6 Å². The van der Waals surface area contributed by atoms with Gasteiger partial charge in [-0.3, -0.25) is 14.9 Å². The van der Waals surface area contributed by atoms with Crippen LogP contribution in [0.25, 0.3) is 0 Å². The first-order valence-corrected chi connectivity index (χ1v) is 8.43. The van der Waals surface area contributed by atoms with Crippen molar-refractivity contribution in [2.45, 2.75) is 13.5 Å². The minimum atomic E-state index is -1.01. The number of rotatable bonds is 9. The summed E-state index contributed by atoms with van der Waals surface area (Å²) in [5, 5.41) is 13.9. The van der Waals surface area contributed by atoms with Crippen LogP contribution in [0.5, 0.6) is 11.5 Å². The molecule has 28 heavy (non-hydrogen) atoms. The molecular formula is C19H20N2O7. The van der Waals surface area contributed by atoms with Gasteiger partial charge in [-0.25, -0.2) is 4.79 Å². The van der Waals surface area contributed by atoms with Crippen LogP contribution in [-0.2, 0) is 16.1 Å². The largest absolute Gasteiger partial charge is 0.493 e. The van der Waals surface area contributed by atoms with Crippen LogP contribution in [-0.4, -0.2) is 37.1 Å². The average Bonchev–Trinajstić information content (AvgIpc) is 2.71. The minimum absolute atomic E-state index is 0.133. The highest BCUT2D eigenvalue weighted by Gasteiger charge is 2.26. The number of carbonyl (C=O) groups excluding carboxylic acids is 2. The van der Waals surface area contributed by atoms with Gasteiger partial charge in [0.25, 0.3) is 11.6 Å². The van der Waals surface area contributed by atoms with E-state index < -0.39 is 29.1 Å². The van der Waals surface area contributed by atoms with Crippen molar-refractivity contribution in [2.24, 2.45) is 0 Å². The Labute approximate surface area is 161 Å². The summed E-state index contributed by atoms with van der Waals surface area (Å²) in [4.78, 5) is 34.7. The van der Waals surface area contributed by atoms with Gasteiger partial charge in [-0.05, 0) is 12.5 Å². The summed E-state index contributed by atoms with van der Waals surface area (Å²) >= 11 is 0. The van der Waals surface area contributed by atoms with Crippen LogP contribution in [0.15, 0.2) is 42.5 Å². The molecule has 0 aliphatic carbocycles. The Bertz CT molecular complexity index is 853. The van der Waals surface area contributed by atoms with Crippen molar-refractivity contribution >= 4 is 17.6 Å². The quantitative estimate of drug-likeness (QED) is 0.398. The van der Waals surface area contributed by atoms with E-state index in [1.54, 1.807) is 6.92 Å². The van der Waals surface area contributed by atoms with Crippen molar-refractivity contribution in [3.05, 3.63) is 63.7 Å². The summed E-state index contributed by atoms with van der Waals surface area (Å²) in [7, 11) is 1.34. The van der Waals surface area contributed by atoms with Gasteiger partial charge in [0.15, 0.2) is 18.1 Å². The first kappa shape index (κ1) is 20.7. The predicted molar refractivity (Wildman–Crippen MR) is 99.4 cm³/mol. The number of hydrogen-bond acceptors (Lipinski definition) is 7. The lowest BCUT2D eigenvalue weighted by molar-refractivity contribution is -0.385. The first-order chi connectivity index (χ1) is 13.5. The summed E-state index contributed by atoms with van der Waals surface area (Å²) < 4.78 is 15.3. The number of amides is 1. The summed E-state index contributed by atoms with van der Waals surface area (Å²) in [6.45, 7) is 1.67. The smallest absolute Gasteiger partial charge is 0.345 e. The Morgan fingerprint density at radius 2 is 1.86 bits per heavy atom. The Morgan fingerprint density at radius 1 is 1.14 bits per heavy atom. The topological polar surface area (TPSA) is 117 Å². The van der Waals surface area contributed by atoms with Crippen LogP contribution in [0.2, 0.25) is 0 Å². The summed E-state index contributed by atoms with van der Waals surface area (Å²) in [6.07, 6.45) is 0. The van der Waals surface area contributed by atoms with Crippen molar-refractivity contribution in [3.8, 4) is 11.5 Å². The van der Waals surface area contributed by atoms with E-state index in [0.717, 1.165) is 17.7 Å². The SMILES string of the molecule is CCOc1cc([N+](=O)[O-])c(C(=O)OCC(=O)NCc2ccccc2)cc1OC. The van der Waals surface area contributed by atoms with E-state index in [1.165, 1.54) is 7.11 Å². The van der Waals surface area contributed by atoms with E-state index in [2.05, 4.69) is 5.32 Å². The molecule has 0 atom stereocenters. The van der Waals surface area contributed by atoms with E-state index >= 15 is 0 Å². The van der Waals surface area contributed by atoms with Gasteiger partial charge in [0.05, 0.1) is 24.7 Å². The lowest BCUT2D eigenvalue weighted by Crippen LogP contribution is -2.28. The van der Waals surface area contributed by atoms with Crippen LogP contribution in [0.4, 0.5) is 5.69 Å². The van der Waals surface area contributed by atoms with Gasteiger partial charge in [0.2, 0.25) is 0 Å². The lowest BCUT2D eigenvalue weighted by Gasteiger charge is -2.11. The van der Waals surface area contributed by atoms with Crippen LogP contribution >= 0.6 is 0 Å². The van der Waals surface area contributed by atoms with Gasteiger partial charge in [-0.15, -0.1) is 0 Å². The van der Waals surface area contributed by atoms with Gasteiger partial charge < -0.3 is 19.5 Å². The number of carbonyl (C=O) groups is 2. The Balaban J connectivity index is 2.06. The molecule has 2 aromatic rings. The minimum Gasteiger partial charge on any atom is -0.493 e. The molecule has 0 saturated heterocycles. The van der Waals surface area contributed by atoms with Gasteiger partial charge in [0.1, 0.15) is 5.56 Å². The Hall–Kier alpha value is -3.62. The highest BCUT2D eigenvalue weighted by atomic mass is 16.6. The lowest BCUT2D eigenvalue weighted by atomic mass is 10.1. The molecule has 0 bridgehead atoms. The molecule has 0 aliphatic rings. The molecule has 0 spiro atoms. The Kier molecular flexibility index (Phi) is 7.32. The molecule has 0 saturated carbocycles. The third-order valence-corrected chi connectivity index (χ3v) is 3.67. The molecule has 1 amide bonds. The molecule has 0 aromatic heterocycles.